The fourth-order valence-corrected chi connectivity index (χ4v) is 2.15. The Balaban J connectivity index is 3.82. The fraction of sp³-hybridized carbons (Fsp3) is 0.500. The van der Waals surface area contributed by atoms with Gasteiger partial charge in [-0.1, -0.05) is 0 Å². The molecule has 0 saturated carbocycles. The molecule has 0 fully saturated rings. The molecule has 0 unspecified atom stereocenters. The van der Waals surface area contributed by atoms with Gasteiger partial charge in [-0.25, -0.2) is 0 Å². The van der Waals surface area contributed by atoms with Crippen molar-refractivity contribution in [2.24, 2.45) is 0 Å². The molecule has 0 aromatic rings. The van der Waals surface area contributed by atoms with Crippen LogP contribution in [-0.2, 0) is 34.0 Å². The Hall–Kier alpha value is 1.28. The van der Waals surface area contributed by atoms with Crippen molar-refractivity contribution in [3.8, 4) is 0 Å². The zero-order valence-electron chi connectivity index (χ0n) is 3.66. The molecule has 6 heteroatoms. The minimum absolute atomic E-state index is 0.106. The summed E-state index contributed by atoms with van der Waals surface area (Å²) >= 11 is 15.1. The molecular formula is C2Cl3HgO2. The van der Waals surface area contributed by atoms with Gasteiger partial charge >= 0.3 is 78.6 Å². The monoisotopic (exact) mass is 363 g/mol. The van der Waals surface area contributed by atoms with E-state index in [1.165, 1.54) is 0 Å². The number of carbonyl (C=O) groups excluding carboxylic acids is 1. The van der Waals surface area contributed by atoms with E-state index in [1.54, 1.807) is 0 Å². The summed E-state index contributed by atoms with van der Waals surface area (Å²) in [6.45, 7) is 0. The Kier molecular flexibility index (Phi) is 3.99. The number of hydrogen-bond acceptors (Lipinski definition) is 2. The van der Waals surface area contributed by atoms with Crippen LogP contribution in [-0.4, -0.2) is 9.76 Å². The first-order chi connectivity index (χ1) is 3.48. The minimum atomic E-state index is -1.89. The molecule has 0 spiro atoms. The normalized spacial score (nSPS) is 11.1. The van der Waals surface area contributed by atoms with E-state index in [9.17, 15) is 4.79 Å². The van der Waals surface area contributed by atoms with E-state index in [4.69, 9.17) is 34.8 Å². The predicted octanol–water partition coefficient (Wildman–Crippen LogP) is 1.36. The van der Waals surface area contributed by atoms with E-state index in [1.807, 2.05) is 0 Å². The maximum atomic E-state index is 10.3. The Morgan fingerprint density at radius 3 is 1.88 bits per heavy atom. The molecule has 0 radical (unpaired) electrons. The average Bonchev–Trinajstić information content (AvgIpc) is 1.62. The summed E-state index contributed by atoms with van der Waals surface area (Å²) in [5, 5.41) is 0. The third kappa shape index (κ3) is 3.33. The van der Waals surface area contributed by atoms with Crippen molar-refractivity contribution in [1.29, 1.82) is 0 Å². The number of alkyl halides is 3. The average molecular weight is 363 g/mol. The third-order valence-corrected chi connectivity index (χ3v) is 1.84. The van der Waals surface area contributed by atoms with Crippen LogP contribution >= 0.6 is 34.8 Å². The van der Waals surface area contributed by atoms with E-state index in [0.717, 1.165) is 0 Å². The Labute approximate surface area is 78.0 Å². The second-order valence-corrected chi connectivity index (χ2v) is 4.33. The molecule has 0 heterocycles. The van der Waals surface area contributed by atoms with Gasteiger partial charge in [0.15, 0.2) is 0 Å². The molecule has 0 aliphatic heterocycles. The van der Waals surface area contributed by atoms with Gasteiger partial charge in [-0.05, 0) is 0 Å². The Bertz CT molecular complexity index is 97.9. The second-order valence-electron chi connectivity index (χ2n) is 0.930. The molecule has 0 atom stereocenters. The van der Waals surface area contributed by atoms with Crippen molar-refractivity contribution in [3.63, 3.8) is 0 Å². The fourth-order valence-electron chi connectivity index (χ4n) is 0.0818. The molecule has 8 heavy (non-hydrogen) atoms. The number of hydrogen-bond donors (Lipinski definition) is 0. The van der Waals surface area contributed by atoms with Crippen LogP contribution < -0.4 is 0 Å². The molecule has 0 aliphatic rings. The van der Waals surface area contributed by atoms with Crippen molar-refractivity contribution in [3.05, 3.63) is 0 Å². The molecule has 0 saturated heterocycles. The summed E-state index contributed by atoms with van der Waals surface area (Å²) in [4.78, 5) is 10.3. The molecule has 2 nitrogen and oxygen atoms in total. The van der Waals surface area contributed by atoms with E-state index in [-0.39, 0.29) is 26.6 Å². The summed E-state index contributed by atoms with van der Waals surface area (Å²) in [5.41, 5.74) is 0. The van der Waals surface area contributed by atoms with Gasteiger partial charge in [0.2, 0.25) is 0 Å². The number of halogens is 3. The predicted molar refractivity (Wildman–Crippen MR) is 26.4 cm³/mol. The van der Waals surface area contributed by atoms with E-state index in [2.05, 4.69) is 2.64 Å². The molecule has 43 valence electrons. The number of rotatable bonds is 0. The quantitative estimate of drug-likeness (QED) is 0.480. The van der Waals surface area contributed by atoms with Crippen molar-refractivity contribution in [1.82, 2.24) is 0 Å². The SMILES string of the molecule is O=C([O][Hg])C(Cl)(Cl)Cl. The standard InChI is InChI=1S/C2HCl3O2.Hg/c3-2(4,5)1(6)7;/h(H,6,7);/q;+1/p-1. The van der Waals surface area contributed by atoms with Crippen LogP contribution in [0.5, 0.6) is 0 Å². The Morgan fingerprint density at radius 1 is 1.50 bits per heavy atom. The van der Waals surface area contributed by atoms with Crippen molar-refractivity contribution in [2.45, 2.75) is 3.79 Å². The van der Waals surface area contributed by atoms with Gasteiger partial charge in [0.05, 0.1) is 0 Å². The third-order valence-electron chi connectivity index (χ3n) is 0.363. The van der Waals surface area contributed by atoms with Crippen LogP contribution in [0.2, 0.25) is 0 Å². The Morgan fingerprint density at radius 2 is 1.88 bits per heavy atom. The topological polar surface area (TPSA) is 26.3 Å². The zero-order chi connectivity index (χ0) is 6.78. The second kappa shape index (κ2) is 3.45. The molecule has 0 aromatic carbocycles. The van der Waals surface area contributed by atoms with Gasteiger partial charge in [0, 0.05) is 0 Å². The summed E-state index contributed by atoms with van der Waals surface area (Å²) in [5.74, 6) is -0.786. The van der Waals surface area contributed by atoms with Gasteiger partial charge in [0.25, 0.3) is 0 Å². The first-order valence-electron chi connectivity index (χ1n) is 1.51. The van der Waals surface area contributed by atoms with Gasteiger partial charge in [-0.3, -0.25) is 0 Å². The van der Waals surface area contributed by atoms with Crippen LogP contribution in [0.4, 0.5) is 0 Å². The van der Waals surface area contributed by atoms with E-state index >= 15 is 0 Å². The van der Waals surface area contributed by atoms with Crippen LogP contribution in [0.25, 0.3) is 0 Å². The first-order valence-corrected chi connectivity index (χ1v) is 4.89. The van der Waals surface area contributed by atoms with E-state index < -0.39 is 9.76 Å². The summed E-state index contributed by atoms with van der Waals surface area (Å²) in [6.07, 6.45) is 0. The summed E-state index contributed by atoms with van der Waals surface area (Å²) < 4.78 is 2.39. The molecule has 0 N–H and O–H groups in total. The summed E-state index contributed by atoms with van der Waals surface area (Å²) in [6, 6.07) is 0. The van der Waals surface area contributed by atoms with Crippen LogP contribution in [0.3, 0.4) is 0 Å². The van der Waals surface area contributed by atoms with Crippen molar-refractivity contribution in [2.75, 3.05) is 0 Å². The van der Waals surface area contributed by atoms with E-state index in [0.29, 0.717) is 0 Å². The molecule has 0 aliphatic carbocycles. The van der Waals surface area contributed by atoms with Crippen LogP contribution in [0, 0.1) is 0 Å². The van der Waals surface area contributed by atoms with Gasteiger partial charge < -0.3 is 0 Å². The van der Waals surface area contributed by atoms with Crippen molar-refractivity contribution < 1.29 is 34.0 Å². The van der Waals surface area contributed by atoms with Gasteiger partial charge in [-0.15, -0.1) is 0 Å². The molecule has 0 amide bonds. The molecular weight excluding hydrogens is 363 g/mol. The molecule has 0 bridgehead atoms. The van der Waals surface area contributed by atoms with Crippen molar-refractivity contribution >= 4 is 40.8 Å². The molecule has 0 rings (SSSR count). The van der Waals surface area contributed by atoms with Crippen LogP contribution in [0.15, 0.2) is 0 Å². The zero-order valence-corrected chi connectivity index (χ0v) is 11.4. The maximum absolute atomic E-state index is 10.3. The summed E-state index contributed by atoms with van der Waals surface area (Å²) in [7, 11) is 0. The molecule has 0 aromatic heterocycles. The van der Waals surface area contributed by atoms with Crippen LogP contribution in [0.1, 0.15) is 0 Å². The van der Waals surface area contributed by atoms with Gasteiger partial charge in [0.1, 0.15) is 0 Å². The van der Waals surface area contributed by atoms with Gasteiger partial charge in [-0.2, -0.15) is 0 Å². The number of carbonyl (C=O) groups is 1. The first kappa shape index (κ1) is 9.28.